The van der Waals surface area contributed by atoms with Gasteiger partial charge in [0.1, 0.15) is 6.61 Å². The van der Waals surface area contributed by atoms with Crippen molar-refractivity contribution in [2.24, 2.45) is 0 Å². The summed E-state index contributed by atoms with van der Waals surface area (Å²) in [6, 6.07) is 0. The third-order valence-electron chi connectivity index (χ3n) is 0.962. The van der Waals surface area contributed by atoms with E-state index >= 15 is 0 Å². The fraction of sp³-hybridized carbons (Fsp3) is 0.667. The Labute approximate surface area is 64.8 Å². The number of hydrogen-bond donors (Lipinski definition) is 3. The lowest BCUT2D eigenvalue weighted by Gasteiger charge is -2.03. The zero-order chi connectivity index (χ0) is 8.69. The Balaban J connectivity index is 3.38. The van der Waals surface area contributed by atoms with Crippen molar-refractivity contribution in [1.82, 2.24) is 10.9 Å². The van der Waals surface area contributed by atoms with Crippen LogP contribution in [0.5, 0.6) is 0 Å². The summed E-state index contributed by atoms with van der Waals surface area (Å²) in [5, 5.41) is 8.21. The first-order chi connectivity index (χ1) is 5.20. The van der Waals surface area contributed by atoms with Crippen molar-refractivity contribution < 1.29 is 14.7 Å². The van der Waals surface area contributed by atoms with Gasteiger partial charge in [-0.1, -0.05) is 6.92 Å². The first-order valence-corrected chi connectivity index (χ1v) is 3.39. The smallest absolute Gasteiger partial charge is 0.264 e. The highest BCUT2D eigenvalue weighted by Crippen LogP contribution is 1.82. The van der Waals surface area contributed by atoms with E-state index in [-0.39, 0.29) is 5.91 Å². The van der Waals surface area contributed by atoms with Crippen LogP contribution in [-0.4, -0.2) is 23.5 Å². The summed E-state index contributed by atoms with van der Waals surface area (Å²) in [4.78, 5) is 21.0. The molecule has 5 nitrogen and oxygen atoms in total. The highest BCUT2D eigenvalue weighted by molar-refractivity contribution is 5.82. The highest BCUT2D eigenvalue weighted by Gasteiger charge is 2.00. The van der Waals surface area contributed by atoms with E-state index < -0.39 is 12.5 Å². The number of carbonyl (C=O) groups is 2. The Hall–Kier alpha value is -1.10. The Morgan fingerprint density at radius 3 is 2.27 bits per heavy atom. The molecule has 64 valence electrons. The van der Waals surface area contributed by atoms with E-state index in [4.69, 9.17) is 5.11 Å². The predicted octanol–water partition coefficient (Wildman–Crippen LogP) is -1.07. The number of nitrogens with one attached hydrogen (secondary N) is 2. The van der Waals surface area contributed by atoms with Gasteiger partial charge in [0.25, 0.3) is 5.91 Å². The SMILES string of the molecule is CCCC(=O)NNC(=O)CO. The Morgan fingerprint density at radius 2 is 1.82 bits per heavy atom. The number of aliphatic hydroxyl groups excluding tert-OH is 1. The largest absolute Gasteiger partial charge is 0.386 e. The van der Waals surface area contributed by atoms with Crippen molar-refractivity contribution in [2.75, 3.05) is 6.61 Å². The molecule has 0 unspecified atom stereocenters. The van der Waals surface area contributed by atoms with Crippen LogP contribution in [0, 0.1) is 0 Å². The van der Waals surface area contributed by atoms with E-state index in [1.54, 1.807) is 0 Å². The van der Waals surface area contributed by atoms with Gasteiger partial charge in [-0.2, -0.15) is 0 Å². The summed E-state index contributed by atoms with van der Waals surface area (Å²) in [6.45, 7) is 1.24. The van der Waals surface area contributed by atoms with E-state index in [0.717, 1.165) is 6.42 Å². The molecular weight excluding hydrogens is 148 g/mol. The highest BCUT2D eigenvalue weighted by atomic mass is 16.3. The van der Waals surface area contributed by atoms with Crippen LogP contribution < -0.4 is 10.9 Å². The zero-order valence-electron chi connectivity index (χ0n) is 6.39. The maximum Gasteiger partial charge on any atom is 0.264 e. The molecule has 0 aliphatic carbocycles. The third kappa shape index (κ3) is 5.35. The number of rotatable bonds is 3. The van der Waals surface area contributed by atoms with E-state index in [2.05, 4.69) is 5.43 Å². The molecule has 0 aliphatic rings. The molecule has 0 bridgehead atoms. The number of carbonyl (C=O) groups excluding carboxylic acids is 2. The molecular formula is C6H12N2O3. The van der Waals surface area contributed by atoms with Crippen molar-refractivity contribution in [1.29, 1.82) is 0 Å². The third-order valence-corrected chi connectivity index (χ3v) is 0.962. The van der Waals surface area contributed by atoms with Gasteiger partial charge >= 0.3 is 0 Å². The van der Waals surface area contributed by atoms with Gasteiger partial charge < -0.3 is 5.11 Å². The molecule has 0 aliphatic heterocycles. The van der Waals surface area contributed by atoms with Gasteiger partial charge in [0.05, 0.1) is 0 Å². The van der Waals surface area contributed by atoms with Gasteiger partial charge in [0.2, 0.25) is 5.91 Å². The lowest BCUT2D eigenvalue weighted by atomic mass is 10.3. The molecule has 0 rings (SSSR count). The van der Waals surface area contributed by atoms with Crippen LogP contribution in [0.25, 0.3) is 0 Å². The topological polar surface area (TPSA) is 78.4 Å². The van der Waals surface area contributed by atoms with Crippen LogP contribution in [0.15, 0.2) is 0 Å². The Kier molecular flexibility index (Phi) is 5.10. The van der Waals surface area contributed by atoms with Crippen LogP contribution in [0.4, 0.5) is 0 Å². The standard InChI is InChI=1S/C6H12N2O3/c1-2-3-5(10)7-8-6(11)4-9/h9H,2-4H2,1H3,(H,7,10)(H,8,11). The zero-order valence-corrected chi connectivity index (χ0v) is 6.39. The summed E-state index contributed by atoms with van der Waals surface area (Å²) in [7, 11) is 0. The molecule has 2 amide bonds. The molecule has 0 spiro atoms. The van der Waals surface area contributed by atoms with Gasteiger partial charge in [-0.15, -0.1) is 0 Å². The van der Waals surface area contributed by atoms with Gasteiger partial charge in [0, 0.05) is 6.42 Å². The summed E-state index contributed by atoms with van der Waals surface area (Å²) in [5.74, 6) is -0.872. The van der Waals surface area contributed by atoms with Crippen LogP contribution in [0.1, 0.15) is 19.8 Å². The number of hydrazine groups is 1. The second-order valence-corrected chi connectivity index (χ2v) is 2.00. The van der Waals surface area contributed by atoms with E-state index in [1.165, 1.54) is 0 Å². The Bertz CT molecular complexity index is 147. The van der Waals surface area contributed by atoms with Gasteiger partial charge in [-0.05, 0) is 6.42 Å². The fourth-order valence-corrected chi connectivity index (χ4v) is 0.469. The lowest BCUT2D eigenvalue weighted by Crippen LogP contribution is -2.42. The lowest BCUT2D eigenvalue weighted by molar-refractivity contribution is -0.130. The summed E-state index contributed by atoms with van der Waals surface area (Å²) in [5.41, 5.74) is 4.16. The molecule has 0 atom stereocenters. The normalized spacial score (nSPS) is 8.91. The van der Waals surface area contributed by atoms with E-state index in [1.807, 2.05) is 12.3 Å². The van der Waals surface area contributed by atoms with Gasteiger partial charge in [0.15, 0.2) is 0 Å². The molecule has 3 N–H and O–H groups in total. The molecule has 5 heteroatoms. The second-order valence-electron chi connectivity index (χ2n) is 2.00. The van der Waals surface area contributed by atoms with Crippen molar-refractivity contribution in [2.45, 2.75) is 19.8 Å². The average molecular weight is 160 g/mol. The molecule has 0 aromatic carbocycles. The first-order valence-electron chi connectivity index (χ1n) is 3.39. The molecule has 0 saturated carbocycles. The summed E-state index contributed by atoms with van der Waals surface area (Å²) < 4.78 is 0. The van der Waals surface area contributed by atoms with Crippen molar-refractivity contribution in [3.05, 3.63) is 0 Å². The minimum Gasteiger partial charge on any atom is -0.386 e. The van der Waals surface area contributed by atoms with E-state index in [0.29, 0.717) is 6.42 Å². The second kappa shape index (κ2) is 5.67. The molecule has 11 heavy (non-hydrogen) atoms. The minimum atomic E-state index is -0.619. The van der Waals surface area contributed by atoms with Gasteiger partial charge in [-0.25, -0.2) is 0 Å². The average Bonchev–Trinajstić information content (AvgIpc) is 2.01. The fourth-order valence-electron chi connectivity index (χ4n) is 0.469. The number of amides is 2. The van der Waals surface area contributed by atoms with Crippen molar-refractivity contribution >= 4 is 11.8 Å². The molecule has 0 saturated heterocycles. The Morgan fingerprint density at radius 1 is 1.27 bits per heavy atom. The molecule has 0 fully saturated rings. The molecule has 0 aromatic heterocycles. The monoisotopic (exact) mass is 160 g/mol. The predicted molar refractivity (Wildman–Crippen MR) is 38.3 cm³/mol. The van der Waals surface area contributed by atoms with Crippen LogP contribution in [0.2, 0.25) is 0 Å². The maximum atomic E-state index is 10.7. The number of hydrogen-bond acceptors (Lipinski definition) is 3. The summed E-state index contributed by atoms with van der Waals surface area (Å²) in [6.07, 6.45) is 1.09. The van der Waals surface area contributed by atoms with E-state index in [9.17, 15) is 9.59 Å². The molecule has 0 aromatic rings. The first kappa shape index (κ1) is 9.90. The maximum absolute atomic E-state index is 10.7. The minimum absolute atomic E-state index is 0.255. The molecule has 0 heterocycles. The van der Waals surface area contributed by atoms with Gasteiger partial charge in [-0.3, -0.25) is 20.4 Å². The van der Waals surface area contributed by atoms with Crippen LogP contribution in [-0.2, 0) is 9.59 Å². The summed E-state index contributed by atoms with van der Waals surface area (Å²) >= 11 is 0. The van der Waals surface area contributed by atoms with Crippen LogP contribution >= 0.6 is 0 Å². The van der Waals surface area contributed by atoms with Crippen molar-refractivity contribution in [3.63, 3.8) is 0 Å². The molecule has 0 radical (unpaired) electrons. The van der Waals surface area contributed by atoms with Crippen LogP contribution in [0.3, 0.4) is 0 Å². The quantitative estimate of drug-likeness (QED) is 0.460. The van der Waals surface area contributed by atoms with Crippen molar-refractivity contribution in [3.8, 4) is 0 Å². The number of aliphatic hydroxyl groups is 1.